The number of carboxylic acids is 1. The molecule has 3 unspecified atom stereocenters. The van der Waals surface area contributed by atoms with E-state index in [-0.39, 0.29) is 23.8 Å². The smallest absolute Gasteiger partial charge is 0.307 e. The fraction of sp³-hybridized carbons (Fsp3) is 0.556. The predicted octanol–water partition coefficient (Wildman–Crippen LogP) is 2.04. The third kappa shape index (κ3) is 4.55. The van der Waals surface area contributed by atoms with Crippen molar-refractivity contribution in [3.8, 4) is 0 Å². The molecule has 0 aliphatic carbocycles. The van der Waals surface area contributed by atoms with Crippen molar-refractivity contribution < 1.29 is 14.7 Å². The van der Waals surface area contributed by atoms with Gasteiger partial charge in [-0.25, -0.2) is 0 Å². The predicted molar refractivity (Wildman–Crippen MR) is 89.0 cm³/mol. The molecule has 1 aliphatic heterocycles. The van der Waals surface area contributed by atoms with Gasteiger partial charge in [0, 0.05) is 19.6 Å². The highest BCUT2D eigenvalue weighted by Gasteiger charge is 2.33. The summed E-state index contributed by atoms with van der Waals surface area (Å²) in [5, 5.41) is 12.2. The van der Waals surface area contributed by atoms with Crippen LogP contribution in [0.2, 0.25) is 0 Å². The summed E-state index contributed by atoms with van der Waals surface area (Å²) in [6.07, 6.45) is 0.684. The van der Waals surface area contributed by atoms with Crippen LogP contribution in [-0.2, 0) is 16.1 Å². The molecule has 1 aromatic rings. The maximum absolute atomic E-state index is 12.4. The van der Waals surface area contributed by atoms with Crippen molar-refractivity contribution in [2.45, 2.75) is 39.8 Å². The Morgan fingerprint density at radius 3 is 2.70 bits per heavy atom. The van der Waals surface area contributed by atoms with E-state index in [2.05, 4.69) is 5.32 Å². The Hall–Kier alpha value is -1.88. The molecule has 0 spiro atoms. The van der Waals surface area contributed by atoms with Crippen LogP contribution in [0.4, 0.5) is 0 Å². The zero-order chi connectivity index (χ0) is 17.0. The zero-order valence-electron chi connectivity index (χ0n) is 14.1. The van der Waals surface area contributed by atoms with Gasteiger partial charge in [-0.15, -0.1) is 0 Å². The second-order valence-corrected chi connectivity index (χ2v) is 6.65. The van der Waals surface area contributed by atoms with E-state index in [1.54, 1.807) is 0 Å². The Balaban J connectivity index is 1.93. The molecule has 126 valence electrons. The molecular formula is C18H26N2O3. The molecule has 1 aliphatic rings. The van der Waals surface area contributed by atoms with Gasteiger partial charge in [0.2, 0.25) is 5.91 Å². The standard InChI is InChI=1S/C18H26N2O3/c1-12-8-16(18(22)23)11-20(10-12)14(3)17(21)19-9-15-7-5-4-6-13(15)2/h4-7,12,14,16H,8-11H2,1-3H3,(H,19,21)(H,22,23). The summed E-state index contributed by atoms with van der Waals surface area (Å²) in [7, 11) is 0. The Bertz CT molecular complexity index is 573. The molecule has 5 nitrogen and oxygen atoms in total. The molecule has 23 heavy (non-hydrogen) atoms. The zero-order valence-corrected chi connectivity index (χ0v) is 14.1. The van der Waals surface area contributed by atoms with Crippen LogP contribution in [0.1, 0.15) is 31.4 Å². The van der Waals surface area contributed by atoms with Crippen LogP contribution in [0, 0.1) is 18.8 Å². The highest BCUT2D eigenvalue weighted by atomic mass is 16.4. The number of nitrogens with zero attached hydrogens (tertiary/aromatic N) is 1. The van der Waals surface area contributed by atoms with Gasteiger partial charge in [-0.3, -0.25) is 14.5 Å². The molecule has 2 rings (SSSR count). The normalized spacial score (nSPS) is 23.3. The molecule has 0 bridgehead atoms. The summed E-state index contributed by atoms with van der Waals surface area (Å²) in [4.78, 5) is 25.7. The first-order valence-electron chi connectivity index (χ1n) is 8.17. The van der Waals surface area contributed by atoms with Gasteiger partial charge in [0.15, 0.2) is 0 Å². The molecule has 1 saturated heterocycles. The van der Waals surface area contributed by atoms with Crippen molar-refractivity contribution in [3.63, 3.8) is 0 Å². The third-order valence-corrected chi connectivity index (χ3v) is 4.68. The van der Waals surface area contributed by atoms with Crippen molar-refractivity contribution in [2.24, 2.45) is 11.8 Å². The fourth-order valence-electron chi connectivity index (χ4n) is 3.19. The van der Waals surface area contributed by atoms with E-state index in [9.17, 15) is 14.7 Å². The van der Waals surface area contributed by atoms with Crippen LogP contribution in [0.25, 0.3) is 0 Å². The number of benzene rings is 1. The molecule has 0 radical (unpaired) electrons. The third-order valence-electron chi connectivity index (χ3n) is 4.68. The molecule has 3 atom stereocenters. The Morgan fingerprint density at radius 1 is 1.35 bits per heavy atom. The number of carbonyl (C=O) groups excluding carboxylic acids is 1. The number of rotatable bonds is 5. The lowest BCUT2D eigenvalue weighted by Crippen LogP contribution is -2.52. The first-order valence-corrected chi connectivity index (χ1v) is 8.17. The molecule has 2 N–H and O–H groups in total. The molecule has 5 heteroatoms. The van der Waals surface area contributed by atoms with Crippen molar-refractivity contribution in [2.75, 3.05) is 13.1 Å². The first kappa shape index (κ1) is 17.5. The Labute approximate surface area is 137 Å². The quantitative estimate of drug-likeness (QED) is 0.872. The fourth-order valence-corrected chi connectivity index (χ4v) is 3.19. The number of aliphatic carboxylic acids is 1. The van der Waals surface area contributed by atoms with E-state index in [1.165, 1.54) is 0 Å². The summed E-state index contributed by atoms with van der Waals surface area (Å²) in [6.45, 7) is 7.63. The van der Waals surface area contributed by atoms with Gasteiger partial charge in [0.05, 0.1) is 12.0 Å². The number of amides is 1. The van der Waals surface area contributed by atoms with E-state index >= 15 is 0 Å². The number of hydrogen-bond donors (Lipinski definition) is 2. The number of aryl methyl sites for hydroxylation is 1. The van der Waals surface area contributed by atoms with Gasteiger partial charge in [0.1, 0.15) is 0 Å². The number of likely N-dealkylation sites (tertiary alicyclic amines) is 1. The van der Waals surface area contributed by atoms with Crippen molar-refractivity contribution >= 4 is 11.9 Å². The topological polar surface area (TPSA) is 69.6 Å². The van der Waals surface area contributed by atoms with Crippen LogP contribution < -0.4 is 5.32 Å². The van der Waals surface area contributed by atoms with Crippen molar-refractivity contribution in [1.29, 1.82) is 0 Å². The summed E-state index contributed by atoms with van der Waals surface area (Å²) in [5.74, 6) is -0.914. The average molecular weight is 318 g/mol. The molecule has 1 amide bonds. The van der Waals surface area contributed by atoms with Gasteiger partial charge in [-0.05, 0) is 37.3 Å². The molecular weight excluding hydrogens is 292 g/mol. The molecule has 0 aromatic heterocycles. The van der Waals surface area contributed by atoms with E-state index in [4.69, 9.17) is 0 Å². The van der Waals surface area contributed by atoms with Gasteiger partial charge in [0.25, 0.3) is 0 Å². The second-order valence-electron chi connectivity index (χ2n) is 6.65. The van der Waals surface area contributed by atoms with Gasteiger partial charge in [-0.2, -0.15) is 0 Å². The maximum atomic E-state index is 12.4. The van der Waals surface area contributed by atoms with E-state index in [1.807, 2.05) is 49.9 Å². The SMILES string of the molecule is Cc1ccccc1CNC(=O)C(C)N1CC(C)CC(C(=O)O)C1. The summed E-state index contributed by atoms with van der Waals surface area (Å²) >= 11 is 0. The molecule has 1 fully saturated rings. The minimum Gasteiger partial charge on any atom is -0.481 e. The average Bonchev–Trinajstić information content (AvgIpc) is 2.52. The van der Waals surface area contributed by atoms with Gasteiger partial charge >= 0.3 is 5.97 Å². The highest BCUT2D eigenvalue weighted by molar-refractivity contribution is 5.81. The molecule has 0 saturated carbocycles. The van der Waals surface area contributed by atoms with Crippen LogP contribution in [-0.4, -0.2) is 41.0 Å². The lowest BCUT2D eigenvalue weighted by atomic mass is 9.89. The summed E-state index contributed by atoms with van der Waals surface area (Å²) in [6, 6.07) is 7.65. The number of nitrogens with one attached hydrogen (secondary N) is 1. The van der Waals surface area contributed by atoms with E-state index in [0.717, 1.165) is 17.7 Å². The monoisotopic (exact) mass is 318 g/mol. The molecule has 1 aromatic carbocycles. The van der Waals surface area contributed by atoms with Crippen molar-refractivity contribution in [1.82, 2.24) is 10.2 Å². The second kappa shape index (κ2) is 7.59. The minimum absolute atomic E-state index is 0.0495. The van der Waals surface area contributed by atoms with E-state index < -0.39 is 5.97 Å². The lowest BCUT2D eigenvalue weighted by molar-refractivity contribution is -0.146. The van der Waals surface area contributed by atoms with Gasteiger partial charge in [-0.1, -0.05) is 31.2 Å². The Kier molecular flexibility index (Phi) is 5.77. The Morgan fingerprint density at radius 2 is 2.04 bits per heavy atom. The van der Waals surface area contributed by atoms with Gasteiger partial charge < -0.3 is 10.4 Å². The van der Waals surface area contributed by atoms with Crippen LogP contribution in [0.3, 0.4) is 0 Å². The summed E-state index contributed by atoms with van der Waals surface area (Å²) < 4.78 is 0. The number of hydrogen-bond acceptors (Lipinski definition) is 3. The summed E-state index contributed by atoms with van der Waals surface area (Å²) in [5.41, 5.74) is 2.25. The highest BCUT2D eigenvalue weighted by Crippen LogP contribution is 2.23. The largest absolute Gasteiger partial charge is 0.481 e. The number of carboxylic acid groups (broad SMARTS) is 1. The minimum atomic E-state index is -0.769. The van der Waals surface area contributed by atoms with E-state index in [0.29, 0.717) is 19.5 Å². The number of carbonyl (C=O) groups is 2. The molecule has 1 heterocycles. The van der Waals surface area contributed by atoms with Crippen LogP contribution in [0.15, 0.2) is 24.3 Å². The maximum Gasteiger partial charge on any atom is 0.307 e. The van der Waals surface area contributed by atoms with Crippen LogP contribution in [0.5, 0.6) is 0 Å². The number of piperidine rings is 1. The van der Waals surface area contributed by atoms with Crippen LogP contribution >= 0.6 is 0 Å². The lowest BCUT2D eigenvalue weighted by Gasteiger charge is -2.37. The van der Waals surface area contributed by atoms with Crippen molar-refractivity contribution in [3.05, 3.63) is 35.4 Å². The first-order chi connectivity index (χ1) is 10.9.